The fraction of sp³-hybridized carbons (Fsp3) is 0.250. The number of rotatable bonds is 5. The Bertz CT molecular complexity index is 574. The van der Waals surface area contributed by atoms with Crippen LogP contribution in [0, 0.1) is 0 Å². The molecule has 2 rings (SSSR count). The molecule has 1 unspecified atom stereocenters. The van der Waals surface area contributed by atoms with Crippen molar-refractivity contribution in [3.63, 3.8) is 0 Å². The topological polar surface area (TPSA) is 75.1 Å². The van der Waals surface area contributed by atoms with Crippen LogP contribution >= 0.6 is 22.9 Å². The van der Waals surface area contributed by atoms with Crippen molar-refractivity contribution < 1.29 is 9.90 Å². The maximum atomic E-state index is 11.0. The number of nitrogens with zero attached hydrogens (tertiary/aromatic N) is 2. The Hall–Kier alpha value is -1.66. The number of carbonyl (C=O) groups is 1. The lowest BCUT2D eigenvalue weighted by Crippen LogP contribution is -2.12. The number of nitrogens with one attached hydrogen (secondary N) is 1. The smallest absolute Gasteiger partial charge is 0.356 e. The number of carboxylic acids is 1. The molecule has 0 spiro atoms. The van der Waals surface area contributed by atoms with E-state index in [1.165, 1.54) is 6.07 Å². The Morgan fingerprint density at radius 3 is 2.95 bits per heavy atom. The summed E-state index contributed by atoms with van der Waals surface area (Å²) in [5, 5.41) is 15.1. The van der Waals surface area contributed by atoms with Crippen LogP contribution in [0.3, 0.4) is 0 Å². The lowest BCUT2D eigenvalue weighted by Gasteiger charge is -2.15. The maximum Gasteiger partial charge on any atom is 0.356 e. The molecular formula is C12H12ClN3O2S. The van der Waals surface area contributed by atoms with Crippen molar-refractivity contribution in [3.05, 3.63) is 39.4 Å². The molecule has 100 valence electrons. The van der Waals surface area contributed by atoms with E-state index in [4.69, 9.17) is 16.7 Å². The standard InChI is InChI=1S/C12H12ClN3O2S/c1-2-8(11-14-5-6-19-11)15-9-4-3-7(13)10(16-9)12(17)18/h3-6,8H,2H2,1H3,(H,15,16)(H,17,18). The van der Waals surface area contributed by atoms with Gasteiger partial charge in [-0.05, 0) is 18.6 Å². The van der Waals surface area contributed by atoms with E-state index in [9.17, 15) is 4.79 Å². The minimum atomic E-state index is -1.14. The molecule has 1 atom stereocenters. The van der Waals surface area contributed by atoms with E-state index < -0.39 is 5.97 Å². The van der Waals surface area contributed by atoms with Crippen LogP contribution in [-0.2, 0) is 0 Å². The summed E-state index contributed by atoms with van der Waals surface area (Å²) in [6.45, 7) is 2.02. The quantitative estimate of drug-likeness (QED) is 0.884. The Balaban J connectivity index is 2.23. The highest BCUT2D eigenvalue weighted by Gasteiger charge is 2.15. The van der Waals surface area contributed by atoms with E-state index in [-0.39, 0.29) is 16.8 Å². The summed E-state index contributed by atoms with van der Waals surface area (Å²) in [5.74, 6) is -0.667. The second kappa shape index (κ2) is 5.99. The number of hydrogen-bond donors (Lipinski definition) is 2. The van der Waals surface area contributed by atoms with Crippen molar-refractivity contribution in [2.24, 2.45) is 0 Å². The molecule has 0 fully saturated rings. The molecule has 7 heteroatoms. The normalized spacial score (nSPS) is 12.1. The molecule has 0 aliphatic heterocycles. The number of thiazole rings is 1. The second-order valence-electron chi connectivity index (χ2n) is 3.81. The number of aromatic carboxylic acids is 1. The summed E-state index contributed by atoms with van der Waals surface area (Å²) in [5.41, 5.74) is -0.152. The summed E-state index contributed by atoms with van der Waals surface area (Å²) in [7, 11) is 0. The van der Waals surface area contributed by atoms with Gasteiger partial charge in [0.05, 0.1) is 11.1 Å². The minimum absolute atomic E-state index is 0.00956. The second-order valence-corrected chi connectivity index (χ2v) is 5.14. The predicted octanol–water partition coefficient (Wildman–Crippen LogP) is 3.45. The van der Waals surface area contributed by atoms with Crippen molar-refractivity contribution in [2.75, 3.05) is 5.32 Å². The third-order valence-electron chi connectivity index (χ3n) is 2.53. The largest absolute Gasteiger partial charge is 0.476 e. The summed E-state index contributed by atoms with van der Waals surface area (Å²) in [4.78, 5) is 19.2. The fourth-order valence-electron chi connectivity index (χ4n) is 1.60. The van der Waals surface area contributed by atoms with Gasteiger partial charge >= 0.3 is 5.97 Å². The Kier molecular flexibility index (Phi) is 4.34. The first-order valence-electron chi connectivity index (χ1n) is 5.67. The number of aromatic nitrogens is 2. The zero-order chi connectivity index (χ0) is 13.8. The van der Waals surface area contributed by atoms with Gasteiger partial charge in [-0.15, -0.1) is 11.3 Å². The highest BCUT2D eigenvalue weighted by Crippen LogP contribution is 2.24. The van der Waals surface area contributed by atoms with Crippen LogP contribution in [0.15, 0.2) is 23.7 Å². The minimum Gasteiger partial charge on any atom is -0.476 e. The molecule has 5 nitrogen and oxygen atoms in total. The lowest BCUT2D eigenvalue weighted by molar-refractivity contribution is 0.0691. The van der Waals surface area contributed by atoms with E-state index in [0.717, 1.165) is 11.4 Å². The van der Waals surface area contributed by atoms with Gasteiger partial charge in [0.1, 0.15) is 10.8 Å². The van der Waals surface area contributed by atoms with Gasteiger partial charge in [0.15, 0.2) is 5.69 Å². The van der Waals surface area contributed by atoms with Crippen molar-refractivity contribution in [1.29, 1.82) is 0 Å². The highest BCUT2D eigenvalue weighted by atomic mass is 35.5. The molecular weight excluding hydrogens is 286 g/mol. The molecule has 0 amide bonds. The van der Waals surface area contributed by atoms with Gasteiger partial charge in [0.25, 0.3) is 0 Å². The van der Waals surface area contributed by atoms with Crippen LogP contribution in [0.2, 0.25) is 5.02 Å². The average Bonchev–Trinajstić information content (AvgIpc) is 2.91. The molecule has 2 aromatic heterocycles. The van der Waals surface area contributed by atoms with E-state index in [1.807, 2.05) is 12.3 Å². The van der Waals surface area contributed by atoms with E-state index in [0.29, 0.717) is 5.82 Å². The van der Waals surface area contributed by atoms with E-state index in [1.54, 1.807) is 23.6 Å². The van der Waals surface area contributed by atoms with Crippen LogP contribution in [-0.4, -0.2) is 21.0 Å². The van der Waals surface area contributed by atoms with E-state index >= 15 is 0 Å². The monoisotopic (exact) mass is 297 g/mol. The summed E-state index contributed by atoms with van der Waals surface area (Å²) < 4.78 is 0. The van der Waals surface area contributed by atoms with Crippen LogP contribution < -0.4 is 5.32 Å². The van der Waals surface area contributed by atoms with Gasteiger partial charge in [-0.1, -0.05) is 18.5 Å². The number of hydrogen-bond acceptors (Lipinski definition) is 5. The van der Waals surface area contributed by atoms with Crippen molar-refractivity contribution >= 4 is 34.7 Å². The van der Waals surface area contributed by atoms with Crippen molar-refractivity contribution in [3.8, 4) is 0 Å². The van der Waals surface area contributed by atoms with Crippen molar-refractivity contribution in [2.45, 2.75) is 19.4 Å². The third-order valence-corrected chi connectivity index (χ3v) is 3.72. The SMILES string of the molecule is CCC(Nc1ccc(Cl)c(C(=O)O)n1)c1nccs1. The summed E-state index contributed by atoms with van der Waals surface area (Å²) >= 11 is 7.32. The number of pyridine rings is 1. The summed E-state index contributed by atoms with van der Waals surface area (Å²) in [6, 6.07) is 3.19. The molecule has 0 saturated heterocycles. The molecule has 0 aromatic carbocycles. The van der Waals surface area contributed by atoms with Gasteiger partial charge in [0, 0.05) is 11.6 Å². The van der Waals surface area contributed by atoms with Crippen LogP contribution in [0.25, 0.3) is 0 Å². The number of halogens is 1. The van der Waals surface area contributed by atoms with Gasteiger partial charge in [0.2, 0.25) is 0 Å². The number of carboxylic acid groups (broad SMARTS) is 1. The molecule has 2 heterocycles. The molecule has 2 aromatic rings. The molecule has 0 aliphatic carbocycles. The van der Waals surface area contributed by atoms with Crippen LogP contribution in [0.5, 0.6) is 0 Å². The molecule has 0 radical (unpaired) electrons. The first-order valence-corrected chi connectivity index (χ1v) is 6.93. The Morgan fingerprint density at radius 1 is 1.58 bits per heavy atom. The fourth-order valence-corrected chi connectivity index (χ4v) is 2.55. The van der Waals surface area contributed by atoms with Gasteiger partial charge in [-0.25, -0.2) is 14.8 Å². The lowest BCUT2D eigenvalue weighted by atomic mass is 10.2. The first kappa shape index (κ1) is 13.8. The van der Waals surface area contributed by atoms with Crippen LogP contribution in [0.1, 0.15) is 34.9 Å². The molecule has 19 heavy (non-hydrogen) atoms. The zero-order valence-electron chi connectivity index (χ0n) is 10.1. The predicted molar refractivity (Wildman–Crippen MR) is 75.0 cm³/mol. The van der Waals surface area contributed by atoms with Crippen molar-refractivity contribution in [1.82, 2.24) is 9.97 Å². The highest BCUT2D eigenvalue weighted by molar-refractivity contribution is 7.09. The van der Waals surface area contributed by atoms with Gasteiger partial charge in [-0.3, -0.25) is 0 Å². The summed E-state index contributed by atoms with van der Waals surface area (Å²) in [6.07, 6.45) is 2.56. The van der Waals surface area contributed by atoms with Gasteiger partial charge < -0.3 is 10.4 Å². The first-order chi connectivity index (χ1) is 9.11. The Morgan fingerprint density at radius 2 is 2.37 bits per heavy atom. The van der Waals surface area contributed by atoms with E-state index in [2.05, 4.69) is 15.3 Å². The zero-order valence-corrected chi connectivity index (χ0v) is 11.7. The average molecular weight is 298 g/mol. The number of anilines is 1. The van der Waals surface area contributed by atoms with Gasteiger partial charge in [-0.2, -0.15) is 0 Å². The molecule has 2 N–H and O–H groups in total. The maximum absolute atomic E-state index is 11.0. The Labute approximate surface area is 119 Å². The molecule has 0 aliphatic rings. The third kappa shape index (κ3) is 3.21. The molecule has 0 saturated carbocycles. The van der Waals surface area contributed by atoms with Crippen LogP contribution in [0.4, 0.5) is 5.82 Å². The molecule has 0 bridgehead atoms.